The molecule has 1 aromatic heterocycles. The SMILES string of the molecule is COc1ncc(Br)cc1SNC1CCCC1. The predicted octanol–water partition coefficient (Wildman–Crippen LogP) is 3.39. The minimum atomic E-state index is 0.633. The molecule has 3 nitrogen and oxygen atoms in total. The molecule has 0 unspecified atom stereocenters. The van der Waals surface area contributed by atoms with Gasteiger partial charge in [-0.2, -0.15) is 0 Å². The van der Waals surface area contributed by atoms with Crippen LogP contribution in [0.3, 0.4) is 0 Å². The first-order valence-corrected chi connectivity index (χ1v) is 7.02. The maximum Gasteiger partial charge on any atom is 0.228 e. The summed E-state index contributed by atoms with van der Waals surface area (Å²) in [5.74, 6) is 0.679. The Morgan fingerprint density at radius 1 is 1.50 bits per heavy atom. The molecule has 1 saturated carbocycles. The lowest BCUT2D eigenvalue weighted by Gasteiger charge is -2.12. The van der Waals surface area contributed by atoms with E-state index >= 15 is 0 Å². The number of hydrogen-bond donors (Lipinski definition) is 1. The molecule has 2 rings (SSSR count). The van der Waals surface area contributed by atoms with Gasteiger partial charge in [-0.15, -0.1) is 0 Å². The zero-order valence-electron chi connectivity index (χ0n) is 9.20. The molecule has 0 aliphatic heterocycles. The van der Waals surface area contributed by atoms with Gasteiger partial charge in [-0.05, 0) is 46.8 Å². The van der Waals surface area contributed by atoms with Gasteiger partial charge in [0.2, 0.25) is 5.88 Å². The van der Waals surface area contributed by atoms with Crippen LogP contribution in [-0.4, -0.2) is 18.1 Å². The number of ether oxygens (including phenoxy) is 1. The van der Waals surface area contributed by atoms with E-state index in [0.29, 0.717) is 11.9 Å². The van der Waals surface area contributed by atoms with E-state index in [9.17, 15) is 0 Å². The summed E-state index contributed by atoms with van der Waals surface area (Å²) in [4.78, 5) is 5.24. The number of halogens is 1. The molecule has 88 valence electrons. The maximum atomic E-state index is 5.22. The van der Waals surface area contributed by atoms with Crippen LogP contribution in [0.5, 0.6) is 5.88 Å². The highest BCUT2D eigenvalue weighted by molar-refractivity contribution is 9.10. The lowest BCUT2D eigenvalue weighted by Crippen LogP contribution is -2.18. The van der Waals surface area contributed by atoms with E-state index < -0.39 is 0 Å². The number of hydrogen-bond acceptors (Lipinski definition) is 4. The highest BCUT2D eigenvalue weighted by Crippen LogP contribution is 2.30. The average molecular weight is 303 g/mol. The zero-order chi connectivity index (χ0) is 11.4. The monoisotopic (exact) mass is 302 g/mol. The molecule has 0 radical (unpaired) electrons. The average Bonchev–Trinajstić information content (AvgIpc) is 2.79. The first-order valence-electron chi connectivity index (χ1n) is 5.41. The molecular weight excluding hydrogens is 288 g/mol. The van der Waals surface area contributed by atoms with Gasteiger partial charge >= 0.3 is 0 Å². The fraction of sp³-hybridized carbons (Fsp3) is 0.545. The minimum Gasteiger partial charge on any atom is -0.480 e. The van der Waals surface area contributed by atoms with Gasteiger partial charge in [-0.3, -0.25) is 4.72 Å². The van der Waals surface area contributed by atoms with E-state index in [1.165, 1.54) is 25.7 Å². The van der Waals surface area contributed by atoms with E-state index in [1.54, 1.807) is 25.3 Å². The van der Waals surface area contributed by atoms with Gasteiger partial charge in [-0.25, -0.2) is 4.98 Å². The van der Waals surface area contributed by atoms with Crippen molar-refractivity contribution in [3.8, 4) is 5.88 Å². The van der Waals surface area contributed by atoms with Gasteiger partial charge in [-0.1, -0.05) is 12.8 Å². The number of nitrogens with one attached hydrogen (secondary N) is 1. The number of aromatic nitrogens is 1. The van der Waals surface area contributed by atoms with Crippen molar-refractivity contribution in [2.45, 2.75) is 36.6 Å². The molecule has 1 N–H and O–H groups in total. The van der Waals surface area contributed by atoms with Gasteiger partial charge in [0.05, 0.1) is 12.0 Å². The summed E-state index contributed by atoms with van der Waals surface area (Å²) in [6, 6.07) is 2.66. The van der Waals surface area contributed by atoms with Gasteiger partial charge in [0, 0.05) is 16.7 Å². The molecule has 0 aromatic carbocycles. The fourth-order valence-corrected chi connectivity index (χ4v) is 3.25. The number of nitrogens with zero attached hydrogens (tertiary/aromatic N) is 1. The summed E-state index contributed by atoms with van der Waals surface area (Å²) < 4.78 is 9.67. The quantitative estimate of drug-likeness (QED) is 0.865. The Kier molecular flexibility index (Phi) is 4.49. The van der Waals surface area contributed by atoms with Gasteiger partial charge in [0.25, 0.3) is 0 Å². The Morgan fingerprint density at radius 2 is 2.25 bits per heavy atom. The molecular formula is C11H15BrN2OS. The van der Waals surface area contributed by atoms with Crippen LogP contribution in [0.15, 0.2) is 21.6 Å². The van der Waals surface area contributed by atoms with Crippen molar-refractivity contribution in [2.75, 3.05) is 7.11 Å². The second-order valence-electron chi connectivity index (χ2n) is 3.86. The zero-order valence-corrected chi connectivity index (χ0v) is 11.6. The minimum absolute atomic E-state index is 0.633. The van der Waals surface area contributed by atoms with E-state index in [0.717, 1.165) is 9.37 Å². The van der Waals surface area contributed by atoms with Crippen molar-refractivity contribution in [2.24, 2.45) is 0 Å². The molecule has 0 amide bonds. The molecule has 1 aliphatic rings. The summed E-state index contributed by atoms with van der Waals surface area (Å²) in [6.45, 7) is 0. The molecule has 1 aromatic rings. The summed E-state index contributed by atoms with van der Waals surface area (Å²) in [5, 5.41) is 0. The van der Waals surface area contributed by atoms with Crippen LogP contribution in [0, 0.1) is 0 Å². The Bertz CT molecular complexity index is 356. The van der Waals surface area contributed by atoms with Crippen molar-refractivity contribution in [3.05, 3.63) is 16.7 Å². The third kappa shape index (κ3) is 3.12. The summed E-state index contributed by atoms with van der Waals surface area (Å²) >= 11 is 5.04. The first kappa shape index (κ1) is 12.2. The Balaban J connectivity index is 1.98. The van der Waals surface area contributed by atoms with Crippen LogP contribution in [0.25, 0.3) is 0 Å². The molecule has 0 spiro atoms. The molecule has 5 heteroatoms. The van der Waals surface area contributed by atoms with Crippen molar-refractivity contribution >= 4 is 27.9 Å². The van der Waals surface area contributed by atoms with Crippen LogP contribution in [0.2, 0.25) is 0 Å². The van der Waals surface area contributed by atoms with Gasteiger partial charge in [0.15, 0.2) is 0 Å². The molecule has 1 aliphatic carbocycles. The highest BCUT2D eigenvalue weighted by atomic mass is 79.9. The highest BCUT2D eigenvalue weighted by Gasteiger charge is 2.15. The van der Waals surface area contributed by atoms with Crippen LogP contribution in [0.1, 0.15) is 25.7 Å². The van der Waals surface area contributed by atoms with Crippen LogP contribution < -0.4 is 9.46 Å². The topological polar surface area (TPSA) is 34.1 Å². The Labute approximate surface area is 109 Å². The lowest BCUT2D eigenvalue weighted by molar-refractivity contribution is 0.386. The van der Waals surface area contributed by atoms with Crippen molar-refractivity contribution in [3.63, 3.8) is 0 Å². The van der Waals surface area contributed by atoms with Gasteiger partial charge in [0.1, 0.15) is 0 Å². The second-order valence-corrected chi connectivity index (χ2v) is 5.66. The third-order valence-corrected chi connectivity index (χ3v) is 4.07. The second kappa shape index (κ2) is 5.89. The Hall–Kier alpha value is -0.260. The first-order chi connectivity index (χ1) is 7.79. The summed E-state index contributed by atoms with van der Waals surface area (Å²) in [5.41, 5.74) is 0. The van der Waals surface area contributed by atoms with E-state index in [2.05, 4.69) is 25.6 Å². The number of methoxy groups -OCH3 is 1. The molecule has 16 heavy (non-hydrogen) atoms. The molecule has 1 fully saturated rings. The third-order valence-electron chi connectivity index (χ3n) is 2.67. The maximum absolute atomic E-state index is 5.22. The van der Waals surface area contributed by atoms with E-state index in [-0.39, 0.29) is 0 Å². The molecule has 0 atom stereocenters. The smallest absolute Gasteiger partial charge is 0.228 e. The molecule has 0 saturated heterocycles. The van der Waals surface area contributed by atoms with Crippen LogP contribution >= 0.6 is 27.9 Å². The molecule has 0 bridgehead atoms. The van der Waals surface area contributed by atoms with E-state index in [1.807, 2.05) is 6.07 Å². The normalized spacial score (nSPS) is 16.6. The standard InChI is InChI=1S/C11H15BrN2OS/c1-15-11-10(6-8(12)7-13-11)16-14-9-4-2-3-5-9/h6-7,9,14H,2-5H2,1H3. The predicted molar refractivity (Wildman–Crippen MR) is 69.7 cm³/mol. The van der Waals surface area contributed by atoms with E-state index in [4.69, 9.17) is 4.74 Å². The molecule has 1 heterocycles. The van der Waals surface area contributed by atoms with Crippen molar-refractivity contribution < 1.29 is 4.74 Å². The number of rotatable bonds is 4. The van der Waals surface area contributed by atoms with Crippen molar-refractivity contribution in [1.82, 2.24) is 9.71 Å². The van der Waals surface area contributed by atoms with Crippen LogP contribution in [0.4, 0.5) is 0 Å². The fourth-order valence-electron chi connectivity index (χ4n) is 1.83. The number of pyridine rings is 1. The lowest BCUT2D eigenvalue weighted by atomic mass is 10.3. The van der Waals surface area contributed by atoms with Gasteiger partial charge < -0.3 is 4.74 Å². The Morgan fingerprint density at radius 3 is 2.94 bits per heavy atom. The van der Waals surface area contributed by atoms with Crippen LogP contribution in [-0.2, 0) is 0 Å². The van der Waals surface area contributed by atoms with Crippen molar-refractivity contribution in [1.29, 1.82) is 0 Å². The largest absolute Gasteiger partial charge is 0.480 e. The summed E-state index contributed by atoms with van der Waals surface area (Å²) in [7, 11) is 1.65. The summed E-state index contributed by atoms with van der Waals surface area (Å²) in [6.07, 6.45) is 6.98.